The van der Waals surface area contributed by atoms with Gasteiger partial charge in [-0.3, -0.25) is 0 Å². The van der Waals surface area contributed by atoms with E-state index in [2.05, 4.69) is 38.0 Å². The monoisotopic (exact) mass is 212 g/mol. The van der Waals surface area contributed by atoms with Gasteiger partial charge in [-0.15, -0.1) is 0 Å². The normalized spacial score (nSPS) is 24.8. The van der Waals surface area contributed by atoms with Gasteiger partial charge in [-0.05, 0) is 51.2 Å². The second kappa shape index (κ2) is 5.86. The Kier molecular flexibility index (Phi) is 5.07. The molecule has 1 atom stereocenters. The first kappa shape index (κ1) is 13.0. The van der Waals surface area contributed by atoms with Crippen LogP contribution in [0.4, 0.5) is 0 Å². The van der Waals surface area contributed by atoms with Crippen molar-refractivity contribution in [3.63, 3.8) is 0 Å². The average Bonchev–Trinajstić information content (AvgIpc) is 2.36. The molecular weight excluding hydrogens is 184 g/mol. The third kappa shape index (κ3) is 4.52. The van der Waals surface area contributed by atoms with Gasteiger partial charge >= 0.3 is 0 Å². The molecule has 2 nitrogen and oxygen atoms in total. The molecule has 90 valence electrons. The largest absolute Gasteiger partial charge is 0.316 e. The Morgan fingerprint density at radius 1 is 1.27 bits per heavy atom. The molecule has 1 aliphatic rings. The first-order valence-electron chi connectivity index (χ1n) is 6.47. The fourth-order valence-corrected chi connectivity index (χ4v) is 2.40. The molecule has 1 fully saturated rings. The SMILES string of the molecule is CCC(CN1CCCC(C)(C)CC1)NC. The lowest BCUT2D eigenvalue weighted by atomic mass is 9.85. The van der Waals surface area contributed by atoms with Crippen molar-refractivity contribution in [2.45, 2.75) is 52.5 Å². The minimum Gasteiger partial charge on any atom is -0.316 e. The van der Waals surface area contributed by atoms with E-state index < -0.39 is 0 Å². The molecule has 1 aliphatic heterocycles. The van der Waals surface area contributed by atoms with Crippen molar-refractivity contribution in [1.82, 2.24) is 10.2 Å². The van der Waals surface area contributed by atoms with Crippen molar-refractivity contribution in [3.05, 3.63) is 0 Å². The molecule has 0 aromatic carbocycles. The zero-order chi connectivity index (χ0) is 11.3. The third-order valence-corrected chi connectivity index (χ3v) is 3.81. The van der Waals surface area contributed by atoms with Gasteiger partial charge < -0.3 is 10.2 Å². The summed E-state index contributed by atoms with van der Waals surface area (Å²) in [5.41, 5.74) is 0.566. The van der Waals surface area contributed by atoms with Crippen LogP contribution in [-0.2, 0) is 0 Å². The van der Waals surface area contributed by atoms with E-state index in [1.807, 2.05) is 0 Å². The Labute approximate surface area is 95.4 Å². The van der Waals surface area contributed by atoms with Gasteiger partial charge in [0.2, 0.25) is 0 Å². The van der Waals surface area contributed by atoms with Crippen LogP contribution in [0.2, 0.25) is 0 Å². The molecule has 0 bridgehead atoms. The molecule has 2 heteroatoms. The van der Waals surface area contributed by atoms with E-state index in [9.17, 15) is 0 Å². The van der Waals surface area contributed by atoms with Gasteiger partial charge in [-0.1, -0.05) is 20.8 Å². The summed E-state index contributed by atoms with van der Waals surface area (Å²) in [6.07, 6.45) is 5.34. The Hall–Kier alpha value is -0.0800. The fraction of sp³-hybridized carbons (Fsp3) is 1.00. The Morgan fingerprint density at radius 2 is 2.00 bits per heavy atom. The molecule has 0 radical (unpaired) electrons. The smallest absolute Gasteiger partial charge is 0.0189 e. The van der Waals surface area contributed by atoms with Crippen molar-refractivity contribution in [2.75, 3.05) is 26.7 Å². The zero-order valence-corrected chi connectivity index (χ0v) is 11.0. The van der Waals surface area contributed by atoms with Crippen molar-refractivity contribution in [3.8, 4) is 0 Å². The summed E-state index contributed by atoms with van der Waals surface area (Å²) < 4.78 is 0. The van der Waals surface area contributed by atoms with E-state index in [4.69, 9.17) is 0 Å². The lowest BCUT2D eigenvalue weighted by Gasteiger charge is -2.26. The van der Waals surface area contributed by atoms with Gasteiger partial charge in [0.25, 0.3) is 0 Å². The highest BCUT2D eigenvalue weighted by Crippen LogP contribution is 2.29. The average molecular weight is 212 g/mol. The van der Waals surface area contributed by atoms with Crippen molar-refractivity contribution in [2.24, 2.45) is 5.41 Å². The topological polar surface area (TPSA) is 15.3 Å². The summed E-state index contributed by atoms with van der Waals surface area (Å²) in [7, 11) is 2.08. The maximum atomic E-state index is 3.40. The molecule has 1 N–H and O–H groups in total. The minimum absolute atomic E-state index is 0.566. The first-order chi connectivity index (χ1) is 7.07. The molecule has 1 unspecified atom stereocenters. The van der Waals surface area contributed by atoms with Gasteiger partial charge in [-0.2, -0.15) is 0 Å². The van der Waals surface area contributed by atoms with Crippen LogP contribution < -0.4 is 5.32 Å². The van der Waals surface area contributed by atoms with E-state index in [1.165, 1.54) is 45.3 Å². The van der Waals surface area contributed by atoms with Crippen LogP contribution in [0.15, 0.2) is 0 Å². The summed E-state index contributed by atoms with van der Waals surface area (Å²) >= 11 is 0. The highest BCUT2D eigenvalue weighted by Gasteiger charge is 2.23. The summed E-state index contributed by atoms with van der Waals surface area (Å²) in [6.45, 7) is 10.9. The highest BCUT2D eigenvalue weighted by molar-refractivity contribution is 4.78. The van der Waals surface area contributed by atoms with Crippen LogP contribution in [0.25, 0.3) is 0 Å². The summed E-state index contributed by atoms with van der Waals surface area (Å²) in [6, 6.07) is 0.672. The predicted octanol–water partition coefficient (Wildman–Crippen LogP) is 2.50. The molecule has 0 spiro atoms. The Balaban J connectivity index is 2.37. The third-order valence-electron chi connectivity index (χ3n) is 3.81. The number of likely N-dealkylation sites (N-methyl/N-ethyl adjacent to an activating group) is 1. The van der Waals surface area contributed by atoms with Crippen LogP contribution in [0, 0.1) is 5.41 Å². The van der Waals surface area contributed by atoms with E-state index >= 15 is 0 Å². The van der Waals surface area contributed by atoms with Crippen LogP contribution in [0.3, 0.4) is 0 Å². The van der Waals surface area contributed by atoms with Gasteiger partial charge in [-0.25, -0.2) is 0 Å². The predicted molar refractivity (Wildman–Crippen MR) is 67.2 cm³/mol. The molecule has 0 aliphatic carbocycles. The van der Waals surface area contributed by atoms with E-state index in [0.29, 0.717) is 11.5 Å². The number of nitrogens with one attached hydrogen (secondary N) is 1. The summed E-state index contributed by atoms with van der Waals surface area (Å²) in [5, 5.41) is 3.40. The van der Waals surface area contributed by atoms with Gasteiger partial charge in [0.05, 0.1) is 0 Å². The minimum atomic E-state index is 0.566. The van der Waals surface area contributed by atoms with Gasteiger partial charge in [0.15, 0.2) is 0 Å². The Bertz CT molecular complexity index is 173. The van der Waals surface area contributed by atoms with Crippen LogP contribution >= 0.6 is 0 Å². The standard InChI is InChI=1S/C13H28N2/c1-5-12(14-4)11-15-9-6-7-13(2,3)8-10-15/h12,14H,5-11H2,1-4H3. The van der Waals surface area contributed by atoms with Gasteiger partial charge in [0.1, 0.15) is 0 Å². The molecular formula is C13H28N2. The van der Waals surface area contributed by atoms with Crippen LogP contribution in [0.1, 0.15) is 46.5 Å². The number of hydrogen-bond donors (Lipinski definition) is 1. The molecule has 15 heavy (non-hydrogen) atoms. The van der Waals surface area contributed by atoms with Crippen LogP contribution in [0.5, 0.6) is 0 Å². The number of nitrogens with zero attached hydrogens (tertiary/aromatic N) is 1. The maximum absolute atomic E-state index is 3.40. The summed E-state index contributed by atoms with van der Waals surface area (Å²) in [5.74, 6) is 0. The van der Waals surface area contributed by atoms with Crippen LogP contribution in [-0.4, -0.2) is 37.6 Å². The number of likely N-dealkylation sites (tertiary alicyclic amines) is 1. The molecule has 0 amide bonds. The molecule has 1 rings (SSSR count). The van der Waals surface area contributed by atoms with Crippen molar-refractivity contribution >= 4 is 0 Å². The first-order valence-corrected chi connectivity index (χ1v) is 6.47. The quantitative estimate of drug-likeness (QED) is 0.770. The van der Waals surface area contributed by atoms with E-state index in [-0.39, 0.29) is 0 Å². The van der Waals surface area contributed by atoms with E-state index in [0.717, 1.165) is 0 Å². The molecule has 0 aromatic rings. The lowest BCUT2D eigenvalue weighted by Crippen LogP contribution is -2.39. The molecule has 1 saturated heterocycles. The maximum Gasteiger partial charge on any atom is 0.0189 e. The van der Waals surface area contributed by atoms with Crippen molar-refractivity contribution < 1.29 is 0 Å². The number of rotatable bonds is 4. The zero-order valence-electron chi connectivity index (χ0n) is 11.0. The van der Waals surface area contributed by atoms with Crippen molar-refractivity contribution in [1.29, 1.82) is 0 Å². The molecule has 0 saturated carbocycles. The molecule has 1 heterocycles. The second-order valence-corrected chi connectivity index (χ2v) is 5.71. The molecule has 0 aromatic heterocycles. The second-order valence-electron chi connectivity index (χ2n) is 5.71. The Morgan fingerprint density at radius 3 is 2.60 bits per heavy atom. The summed E-state index contributed by atoms with van der Waals surface area (Å²) in [4.78, 5) is 2.64. The van der Waals surface area contributed by atoms with E-state index in [1.54, 1.807) is 0 Å². The fourth-order valence-electron chi connectivity index (χ4n) is 2.40. The van der Waals surface area contributed by atoms with Gasteiger partial charge in [0, 0.05) is 12.6 Å². The highest BCUT2D eigenvalue weighted by atomic mass is 15.1. The number of hydrogen-bond acceptors (Lipinski definition) is 2. The lowest BCUT2D eigenvalue weighted by molar-refractivity contribution is 0.238.